The van der Waals surface area contributed by atoms with Crippen LogP contribution in [0.2, 0.25) is 0 Å². The quantitative estimate of drug-likeness (QED) is 0.513. The minimum Gasteiger partial charge on any atom is -0.497 e. The van der Waals surface area contributed by atoms with Gasteiger partial charge >= 0.3 is 5.97 Å². The van der Waals surface area contributed by atoms with Crippen LogP contribution < -0.4 is 4.74 Å². The molecule has 0 aliphatic heterocycles. The molecular weight excluding hydrogens is 346 g/mol. The van der Waals surface area contributed by atoms with E-state index in [1.807, 2.05) is 18.2 Å². The van der Waals surface area contributed by atoms with Crippen LogP contribution >= 0.6 is 11.3 Å². The molecule has 0 atom stereocenters. The zero-order valence-corrected chi connectivity index (χ0v) is 15.0. The fourth-order valence-corrected chi connectivity index (χ4v) is 3.86. The average Bonchev–Trinajstić information content (AvgIpc) is 3.29. The van der Waals surface area contributed by atoms with Crippen LogP contribution in [0.4, 0.5) is 0 Å². The summed E-state index contributed by atoms with van der Waals surface area (Å²) in [7, 11) is 1.65. The van der Waals surface area contributed by atoms with Gasteiger partial charge in [-0.05, 0) is 46.8 Å². The molecule has 2 heterocycles. The van der Waals surface area contributed by atoms with E-state index >= 15 is 0 Å². The number of rotatable bonds is 5. The highest BCUT2D eigenvalue weighted by Crippen LogP contribution is 2.34. The zero-order chi connectivity index (χ0) is 18.1. The lowest BCUT2D eigenvalue weighted by atomic mass is 9.98. The van der Waals surface area contributed by atoms with Crippen molar-refractivity contribution in [1.82, 2.24) is 4.98 Å². The molecule has 0 aliphatic carbocycles. The number of thiophene rings is 1. The van der Waals surface area contributed by atoms with Crippen LogP contribution in [0.15, 0.2) is 59.3 Å². The minimum absolute atomic E-state index is 0.307. The maximum Gasteiger partial charge on any atom is 0.335 e. The van der Waals surface area contributed by atoms with E-state index < -0.39 is 5.97 Å². The van der Waals surface area contributed by atoms with Crippen molar-refractivity contribution in [1.29, 1.82) is 0 Å². The number of hydrogen-bond acceptors (Lipinski definition) is 3. The Kier molecular flexibility index (Phi) is 4.22. The standard InChI is InChI=1S/C21H17NO3S/c1-25-16-5-6-17-18(10-13-3-2-4-14(9-13)21(23)24)20(22-19(17)11-16)15-7-8-26-12-15/h2-9,11-12,22H,10H2,1H3,(H,23,24). The molecule has 0 spiro atoms. The van der Waals surface area contributed by atoms with Crippen LogP contribution in [0.3, 0.4) is 0 Å². The molecule has 0 bridgehead atoms. The fourth-order valence-electron chi connectivity index (χ4n) is 3.22. The van der Waals surface area contributed by atoms with Gasteiger partial charge in [0, 0.05) is 34.3 Å². The van der Waals surface area contributed by atoms with Crippen molar-refractivity contribution in [2.75, 3.05) is 7.11 Å². The molecular formula is C21H17NO3S. The maximum absolute atomic E-state index is 11.3. The number of aromatic carboxylic acids is 1. The highest BCUT2D eigenvalue weighted by atomic mass is 32.1. The Bertz CT molecular complexity index is 1080. The molecule has 4 nitrogen and oxygen atoms in total. The van der Waals surface area contributed by atoms with Gasteiger partial charge in [0.1, 0.15) is 5.75 Å². The van der Waals surface area contributed by atoms with E-state index in [-0.39, 0.29) is 0 Å². The number of carboxylic acid groups (broad SMARTS) is 1. The Morgan fingerprint density at radius 1 is 1.19 bits per heavy atom. The summed E-state index contributed by atoms with van der Waals surface area (Å²) >= 11 is 1.65. The van der Waals surface area contributed by atoms with Crippen LogP contribution in [0.1, 0.15) is 21.5 Å². The first-order chi connectivity index (χ1) is 12.7. The third-order valence-electron chi connectivity index (χ3n) is 4.48. The normalized spacial score (nSPS) is 11.0. The zero-order valence-electron chi connectivity index (χ0n) is 14.2. The first kappa shape index (κ1) is 16.4. The summed E-state index contributed by atoms with van der Waals surface area (Å²) in [5, 5.41) is 14.5. The van der Waals surface area contributed by atoms with E-state index in [1.165, 1.54) is 0 Å². The van der Waals surface area contributed by atoms with Gasteiger partial charge in [0.2, 0.25) is 0 Å². The van der Waals surface area contributed by atoms with Gasteiger partial charge in [0.15, 0.2) is 0 Å². The van der Waals surface area contributed by atoms with Crippen molar-refractivity contribution in [3.63, 3.8) is 0 Å². The molecule has 0 aliphatic rings. The number of benzene rings is 2. The van der Waals surface area contributed by atoms with Crippen molar-refractivity contribution < 1.29 is 14.6 Å². The molecule has 2 N–H and O–H groups in total. The molecule has 2 aromatic heterocycles. The first-order valence-electron chi connectivity index (χ1n) is 8.19. The molecule has 0 saturated heterocycles. The third-order valence-corrected chi connectivity index (χ3v) is 5.16. The lowest BCUT2D eigenvalue weighted by Gasteiger charge is -2.06. The Morgan fingerprint density at radius 2 is 2.08 bits per heavy atom. The third kappa shape index (κ3) is 2.97. The fraction of sp³-hybridized carbons (Fsp3) is 0.0952. The van der Waals surface area contributed by atoms with Crippen LogP contribution in [0.5, 0.6) is 5.75 Å². The SMILES string of the molecule is COc1ccc2c(Cc3cccc(C(=O)O)c3)c(-c3ccsc3)[nH]c2c1. The van der Waals surface area contributed by atoms with E-state index in [0.717, 1.165) is 39.0 Å². The van der Waals surface area contributed by atoms with E-state index in [4.69, 9.17) is 4.74 Å². The number of carbonyl (C=O) groups is 1. The van der Waals surface area contributed by atoms with E-state index in [1.54, 1.807) is 36.6 Å². The van der Waals surface area contributed by atoms with Gasteiger partial charge < -0.3 is 14.8 Å². The lowest BCUT2D eigenvalue weighted by molar-refractivity contribution is 0.0696. The summed E-state index contributed by atoms with van der Waals surface area (Å²) in [5.74, 6) is -0.108. The molecule has 0 fully saturated rings. The van der Waals surface area contributed by atoms with Gasteiger partial charge in [0.25, 0.3) is 0 Å². The number of aromatic nitrogens is 1. The number of carboxylic acids is 1. The summed E-state index contributed by atoms with van der Waals surface area (Å²) in [5.41, 5.74) is 5.64. The van der Waals surface area contributed by atoms with Crippen LogP contribution in [-0.4, -0.2) is 23.2 Å². The van der Waals surface area contributed by atoms with Crippen molar-refractivity contribution in [3.8, 4) is 17.0 Å². The molecule has 0 radical (unpaired) electrons. The van der Waals surface area contributed by atoms with Gasteiger partial charge in [-0.2, -0.15) is 11.3 Å². The minimum atomic E-state index is -0.909. The topological polar surface area (TPSA) is 62.3 Å². The maximum atomic E-state index is 11.3. The summed E-state index contributed by atoms with van der Waals surface area (Å²) < 4.78 is 5.34. The number of ether oxygens (including phenoxy) is 1. The largest absolute Gasteiger partial charge is 0.497 e. The predicted molar refractivity (Wildman–Crippen MR) is 104 cm³/mol. The molecule has 4 aromatic rings. The Labute approximate surface area is 154 Å². The summed E-state index contributed by atoms with van der Waals surface area (Å²) in [6.45, 7) is 0. The average molecular weight is 363 g/mol. The van der Waals surface area contributed by atoms with Gasteiger partial charge in [0.05, 0.1) is 18.4 Å². The lowest BCUT2D eigenvalue weighted by Crippen LogP contribution is -1.98. The predicted octanol–water partition coefficient (Wildman–Crippen LogP) is 5.19. The molecule has 4 rings (SSSR count). The number of hydrogen-bond donors (Lipinski definition) is 2. The van der Waals surface area contributed by atoms with Crippen LogP contribution in [-0.2, 0) is 6.42 Å². The number of aromatic amines is 1. The number of nitrogens with one attached hydrogen (secondary N) is 1. The van der Waals surface area contributed by atoms with Gasteiger partial charge in [-0.3, -0.25) is 0 Å². The highest BCUT2D eigenvalue weighted by Gasteiger charge is 2.15. The second-order valence-corrected chi connectivity index (χ2v) is 6.86. The Morgan fingerprint density at radius 3 is 2.81 bits per heavy atom. The van der Waals surface area contributed by atoms with Crippen molar-refractivity contribution >= 4 is 28.2 Å². The molecule has 0 amide bonds. The molecule has 26 heavy (non-hydrogen) atoms. The smallest absolute Gasteiger partial charge is 0.335 e. The van der Waals surface area contributed by atoms with Gasteiger partial charge in [-0.25, -0.2) is 4.79 Å². The van der Waals surface area contributed by atoms with Crippen molar-refractivity contribution in [2.45, 2.75) is 6.42 Å². The first-order valence-corrected chi connectivity index (χ1v) is 9.13. The monoisotopic (exact) mass is 363 g/mol. The summed E-state index contributed by atoms with van der Waals surface area (Å²) in [6, 6.07) is 15.2. The Balaban J connectivity index is 1.86. The summed E-state index contributed by atoms with van der Waals surface area (Å²) in [6.07, 6.45) is 0.651. The molecule has 0 unspecified atom stereocenters. The molecule has 0 saturated carbocycles. The molecule has 5 heteroatoms. The van der Waals surface area contributed by atoms with Crippen LogP contribution in [0, 0.1) is 0 Å². The van der Waals surface area contributed by atoms with E-state index in [0.29, 0.717) is 12.0 Å². The summed E-state index contributed by atoms with van der Waals surface area (Å²) in [4.78, 5) is 14.8. The van der Waals surface area contributed by atoms with Gasteiger partial charge in [-0.15, -0.1) is 0 Å². The second kappa shape index (κ2) is 6.69. The number of methoxy groups -OCH3 is 1. The Hall–Kier alpha value is -3.05. The molecule has 2 aromatic carbocycles. The number of H-pyrrole nitrogens is 1. The van der Waals surface area contributed by atoms with Crippen molar-refractivity contribution in [3.05, 3.63) is 76.0 Å². The van der Waals surface area contributed by atoms with E-state index in [9.17, 15) is 9.90 Å². The van der Waals surface area contributed by atoms with Crippen molar-refractivity contribution in [2.24, 2.45) is 0 Å². The van der Waals surface area contributed by atoms with E-state index in [2.05, 4.69) is 27.9 Å². The van der Waals surface area contributed by atoms with Crippen LogP contribution in [0.25, 0.3) is 22.2 Å². The van der Waals surface area contributed by atoms with Gasteiger partial charge in [-0.1, -0.05) is 12.1 Å². The highest BCUT2D eigenvalue weighted by molar-refractivity contribution is 7.08. The second-order valence-electron chi connectivity index (χ2n) is 6.08. The number of fused-ring (bicyclic) bond motifs is 1. The molecule has 130 valence electrons.